The van der Waals surface area contributed by atoms with E-state index in [4.69, 9.17) is 0 Å². The highest BCUT2D eigenvalue weighted by molar-refractivity contribution is 7.91. The van der Waals surface area contributed by atoms with E-state index >= 15 is 0 Å². The molecule has 2 heterocycles. The molecular formula is C23H32N2O3S. The maximum atomic E-state index is 13.3. The van der Waals surface area contributed by atoms with Gasteiger partial charge in [0.1, 0.15) is 0 Å². The summed E-state index contributed by atoms with van der Waals surface area (Å²) in [6.07, 6.45) is 9.31. The second-order valence-corrected chi connectivity index (χ2v) is 11.0. The molecule has 158 valence electrons. The van der Waals surface area contributed by atoms with Crippen LogP contribution in [0.4, 0.5) is 0 Å². The minimum absolute atomic E-state index is 0.121. The molecule has 4 rings (SSSR count). The maximum Gasteiger partial charge on any atom is 0.237 e. The number of nitrogens with zero attached hydrogens (tertiary/aromatic N) is 2. The van der Waals surface area contributed by atoms with E-state index in [1.807, 2.05) is 11.0 Å². The van der Waals surface area contributed by atoms with E-state index in [0.29, 0.717) is 13.0 Å². The maximum absolute atomic E-state index is 13.3. The Labute approximate surface area is 174 Å². The van der Waals surface area contributed by atoms with Crippen LogP contribution in [0.25, 0.3) is 5.57 Å². The zero-order valence-corrected chi connectivity index (χ0v) is 17.9. The number of carbonyl (C=O) groups is 1. The third kappa shape index (κ3) is 5.10. The van der Waals surface area contributed by atoms with Crippen molar-refractivity contribution in [2.24, 2.45) is 0 Å². The van der Waals surface area contributed by atoms with Gasteiger partial charge < -0.3 is 4.90 Å². The Hall–Kier alpha value is -1.66. The van der Waals surface area contributed by atoms with Gasteiger partial charge in [-0.25, -0.2) is 8.42 Å². The molecule has 0 unspecified atom stereocenters. The highest BCUT2D eigenvalue weighted by Crippen LogP contribution is 2.29. The third-order valence-electron chi connectivity index (χ3n) is 6.65. The molecule has 2 fully saturated rings. The van der Waals surface area contributed by atoms with Crippen LogP contribution in [0.1, 0.15) is 50.5 Å². The average molecular weight is 417 g/mol. The molecule has 1 aromatic rings. The van der Waals surface area contributed by atoms with Gasteiger partial charge in [-0.15, -0.1) is 0 Å². The average Bonchev–Trinajstić information content (AvgIpc) is 3.09. The van der Waals surface area contributed by atoms with Crippen LogP contribution in [0.5, 0.6) is 0 Å². The number of rotatable bonds is 5. The van der Waals surface area contributed by atoms with Crippen molar-refractivity contribution in [3.05, 3.63) is 42.0 Å². The molecule has 6 heteroatoms. The summed E-state index contributed by atoms with van der Waals surface area (Å²) in [6, 6.07) is 10.5. The summed E-state index contributed by atoms with van der Waals surface area (Å²) < 4.78 is 24.1. The second-order valence-electron chi connectivity index (χ2n) is 8.73. The highest BCUT2D eigenvalue weighted by atomic mass is 32.2. The Morgan fingerprint density at radius 3 is 2.41 bits per heavy atom. The first-order valence-corrected chi connectivity index (χ1v) is 12.8. The number of hydrogen-bond acceptors (Lipinski definition) is 4. The molecule has 0 radical (unpaired) electrons. The molecule has 29 heavy (non-hydrogen) atoms. The van der Waals surface area contributed by atoms with Crippen molar-refractivity contribution in [2.45, 2.75) is 57.0 Å². The summed E-state index contributed by atoms with van der Waals surface area (Å²) in [4.78, 5) is 17.5. The quantitative estimate of drug-likeness (QED) is 0.740. The zero-order chi connectivity index (χ0) is 20.3. The van der Waals surface area contributed by atoms with E-state index < -0.39 is 9.84 Å². The molecular weight excluding hydrogens is 384 g/mol. The Morgan fingerprint density at radius 1 is 1.03 bits per heavy atom. The van der Waals surface area contributed by atoms with Gasteiger partial charge in [-0.2, -0.15) is 0 Å². The van der Waals surface area contributed by atoms with Crippen LogP contribution in [-0.2, 0) is 14.6 Å². The molecule has 0 aromatic heterocycles. The van der Waals surface area contributed by atoms with E-state index in [-0.39, 0.29) is 29.5 Å². The van der Waals surface area contributed by atoms with Crippen LogP contribution in [0.3, 0.4) is 0 Å². The van der Waals surface area contributed by atoms with Gasteiger partial charge in [0.25, 0.3) is 0 Å². The van der Waals surface area contributed by atoms with Crippen molar-refractivity contribution in [1.29, 1.82) is 0 Å². The standard InChI is InChI=1S/C23H32N2O3S/c26-23(17-24-14-11-20(12-15-24)19-7-3-1-4-8-19)25(21-9-5-2-6-10-21)22-13-16-29(27,28)18-22/h1,3-4,7-8,11,21-22H,2,5-6,9-10,12-18H2/t22-/m1/s1. The van der Waals surface area contributed by atoms with Crippen molar-refractivity contribution in [2.75, 3.05) is 31.1 Å². The smallest absolute Gasteiger partial charge is 0.237 e. The number of amides is 1. The molecule has 1 saturated heterocycles. The predicted molar refractivity (Wildman–Crippen MR) is 116 cm³/mol. The molecule has 5 nitrogen and oxygen atoms in total. The zero-order valence-electron chi connectivity index (χ0n) is 17.1. The van der Waals surface area contributed by atoms with Crippen LogP contribution in [0.15, 0.2) is 36.4 Å². The molecule has 0 spiro atoms. The summed E-state index contributed by atoms with van der Waals surface area (Å²) >= 11 is 0. The Balaban J connectivity index is 1.42. The van der Waals surface area contributed by atoms with Crippen LogP contribution < -0.4 is 0 Å². The lowest BCUT2D eigenvalue weighted by Gasteiger charge is -2.39. The van der Waals surface area contributed by atoms with Crippen molar-refractivity contribution in [3.63, 3.8) is 0 Å². The van der Waals surface area contributed by atoms with Crippen molar-refractivity contribution in [1.82, 2.24) is 9.80 Å². The van der Waals surface area contributed by atoms with Gasteiger partial charge in [-0.05, 0) is 36.8 Å². The van der Waals surface area contributed by atoms with E-state index in [9.17, 15) is 13.2 Å². The SMILES string of the molecule is O=C(CN1CC=C(c2ccccc2)CC1)N(C1CCCCC1)[C@@H]1CCS(=O)(=O)C1. The van der Waals surface area contributed by atoms with Gasteiger partial charge in [0.05, 0.1) is 18.1 Å². The highest BCUT2D eigenvalue weighted by Gasteiger charge is 2.38. The van der Waals surface area contributed by atoms with Gasteiger partial charge in [-0.3, -0.25) is 9.69 Å². The van der Waals surface area contributed by atoms with Crippen molar-refractivity contribution >= 4 is 21.3 Å². The Bertz CT molecular complexity index is 844. The molecule has 3 aliphatic rings. The molecule has 0 bridgehead atoms. The largest absolute Gasteiger partial charge is 0.335 e. The first kappa shape index (κ1) is 20.6. The number of sulfone groups is 1. The lowest BCUT2D eigenvalue weighted by molar-refractivity contribution is -0.137. The van der Waals surface area contributed by atoms with Gasteiger partial charge >= 0.3 is 0 Å². The first-order chi connectivity index (χ1) is 14.0. The van der Waals surface area contributed by atoms with Gasteiger partial charge in [0.2, 0.25) is 5.91 Å². The minimum Gasteiger partial charge on any atom is -0.335 e. The molecule has 1 aliphatic carbocycles. The van der Waals surface area contributed by atoms with Crippen LogP contribution in [0.2, 0.25) is 0 Å². The summed E-state index contributed by atoms with van der Waals surface area (Å²) in [6.45, 7) is 2.04. The van der Waals surface area contributed by atoms with Gasteiger partial charge in [-0.1, -0.05) is 55.7 Å². The van der Waals surface area contributed by atoms with Crippen LogP contribution >= 0.6 is 0 Å². The van der Waals surface area contributed by atoms with E-state index in [0.717, 1.165) is 45.2 Å². The van der Waals surface area contributed by atoms with Crippen LogP contribution in [-0.4, -0.2) is 67.3 Å². The number of hydrogen-bond donors (Lipinski definition) is 0. The molecule has 1 amide bonds. The van der Waals surface area contributed by atoms with E-state index in [1.165, 1.54) is 17.6 Å². The fourth-order valence-corrected chi connectivity index (χ4v) is 6.81. The van der Waals surface area contributed by atoms with E-state index in [1.54, 1.807) is 0 Å². The van der Waals surface area contributed by atoms with Gasteiger partial charge in [0, 0.05) is 25.2 Å². The Kier molecular flexibility index (Phi) is 6.40. The number of benzene rings is 1. The Morgan fingerprint density at radius 2 is 1.79 bits per heavy atom. The van der Waals surface area contributed by atoms with Crippen molar-refractivity contribution in [3.8, 4) is 0 Å². The number of carbonyl (C=O) groups excluding carboxylic acids is 1. The third-order valence-corrected chi connectivity index (χ3v) is 8.40. The lowest BCUT2D eigenvalue weighted by Crippen LogP contribution is -2.52. The normalized spacial score (nSPS) is 25.5. The fourth-order valence-electron chi connectivity index (χ4n) is 5.10. The topological polar surface area (TPSA) is 57.7 Å². The molecule has 1 saturated carbocycles. The van der Waals surface area contributed by atoms with Crippen LogP contribution in [0, 0.1) is 0 Å². The molecule has 1 atom stereocenters. The van der Waals surface area contributed by atoms with Gasteiger partial charge in [0.15, 0.2) is 9.84 Å². The summed E-state index contributed by atoms with van der Waals surface area (Å²) in [7, 11) is -3.00. The fraction of sp³-hybridized carbons (Fsp3) is 0.609. The summed E-state index contributed by atoms with van der Waals surface area (Å²) in [5.74, 6) is 0.490. The lowest BCUT2D eigenvalue weighted by atomic mass is 9.92. The summed E-state index contributed by atoms with van der Waals surface area (Å²) in [5, 5.41) is 0. The van der Waals surface area contributed by atoms with E-state index in [2.05, 4.69) is 35.2 Å². The predicted octanol–water partition coefficient (Wildman–Crippen LogP) is 3.12. The molecule has 0 N–H and O–H groups in total. The molecule has 2 aliphatic heterocycles. The van der Waals surface area contributed by atoms with Crippen molar-refractivity contribution < 1.29 is 13.2 Å². The monoisotopic (exact) mass is 416 g/mol. The summed E-state index contributed by atoms with van der Waals surface area (Å²) in [5.41, 5.74) is 2.61. The first-order valence-electron chi connectivity index (χ1n) is 11.0. The second kappa shape index (κ2) is 9.00. The molecule has 1 aromatic carbocycles. The minimum atomic E-state index is -3.00.